The van der Waals surface area contributed by atoms with Crippen LogP contribution in [0.25, 0.3) is 0 Å². The van der Waals surface area contributed by atoms with Gasteiger partial charge in [0.2, 0.25) is 0 Å². The molecule has 1 unspecified atom stereocenters. The maximum Gasteiger partial charge on any atom is 0.129 e. The summed E-state index contributed by atoms with van der Waals surface area (Å²) >= 11 is 0. The van der Waals surface area contributed by atoms with E-state index in [2.05, 4.69) is 43.1 Å². The highest BCUT2D eigenvalue weighted by molar-refractivity contribution is 5.43. The molecule has 1 fully saturated rings. The van der Waals surface area contributed by atoms with Crippen molar-refractivity contribution >= 4 is 5.82 Å². The van der Waals surface area contributed by atoms with E-state index in [0.717, 1.165) is 13.1 Å². The zero-order valence-corrected chi connectivity index (χ0v) is 14.0. The average Bonchev–Trinajstić information content (AvgIpc) is 2.74. The molecule has 0 radical (unpaired) electrons. The van der Waals surface area contributed by atoms with Crippen LogP contribution in [0.3, 0.4) is 0 Å². The molecule has 1 aliphatic rings. The Morgan fingerprint density at radius 3 is 2.81 bits per heavy atom. The SMILES string of the molecule is CCCNCc1ccc(N2CCCCCC2CC)nc1C. The molecule has 0 spiro atoms. The summed E-state index contributed by atoms with van der Waals surface area (Å²) in [6.45, 7) is 9.82. The van der Waals surface area contributed by atoms with Crippen molar-refractivity contribution in [2.45, 2.75) is 71.9 Å². The number of hydrogen-bond donors (Lipinski definition) is 1. The van der Waals surface area contributed by atoms with Gasteiger partial charge in [0.25, 0.3) is 0 Å². The maximum absolute atomic E-state index is 4.90. The van der Waals surface area contributed by atoms with Crippen LogP contribution in [0.2, 0.25) is 0 Å². The summed E-state index contributed by atoms with van der Waals surface area (Å²) in [6, 6.07) is 5.16. The van der Waals surface area contributed by atoms with Crippen molar-refractivity contribution in [2.75, 3.05) is 18.0 Å². The first kappa shape index (κ1) is 16.3. The van der Waals surface area contributed by atoms with Gasteiger partial charge in [0.15, 0.2) is 0 Å². The Kier molecular flexibility index (Phi) is 6.50. The van der Waals surface area contributed by atoms with E-state index in [1.165, 1.54) is 62.1 Å². The molecule has 1 atom stereocenters. The Morgan fingerprint density at radius 2 is 2.10 bits per heavy atom. The Bertz CT molecular complexity index is 430. The standard InChI is InChI=1S/C18H31N3/c1-4-12-19-14-16-10-11-18(20-15(16)3)21-13-8-6-7-9-17(21)5-2/h10-11,17,19H,4-9,12-14H2,1-3H3. The van der Waals surface area contributed by atoms with Crippen LogP contribution in [0.5, 0.6) is 0 Å². The number of pyridine rings is 1. The molecule has 0 amide bonds. The van der Waals surface area contributed by atoms with Gasteiger partial charge in [0.05, 0.1) is 0 Å². The van der Waals surface area contributed by atoms with Gasteiger partial charge in [-0.25, -0.2) is 4.98 Å². The van der Waals surface area contributed by atoms with Crippen LogP contribution in [0.15, 0.2) is 12.1 Å². The van der Waals surface area contributed by atoms with Crippen LogP contribution in [0.4, 0.5) is 5.82 Å². The van der Waals surface area contributed by atoms with Crippen LogP contribution < -0.4 is 10.2 Å². The van der Waals surface area contributed by atoms with E-state index in [-0.39, 0.29) is 0 Å². The normalized spacial score (nSPS) is 19.6. The van der Waals surface area contributed by atoms with E-state index >= 15 is 0 Å². The molecule has 0 aliphatic carbocycles. The molecule has 0 bridgehead atoms. The molecule has 3 heteroatoms. The molecular weight excluding hydrogens is 258 g/mol. The number of anilines is 1. The fourth-order valence-electron chi connectivity index (χ4n) is 3.23. The molecule has 0 aromatic carbocycles. The van der Waals surface area contributed by atoms with Crippen molar-refractivity contribution in [1.82, 2.24) is 10.3 Å². The van der Waals surface area contributed by atoms with Gasteiger partial charge < -0.3 is 10.2 Å². The van der Waals surface area contributed by atoms with Crippen LogP contribution in [0, 0.1) is 6.92 Å². The van der Waals surface area contributed by atoms with Gasteiger partial charge in [-0.3, -0.25) is 0 Å². The third-order valence-electron chi connectivity index (χ3n) is 4.57. The van der Waals surface area contributed by atoms with Crippen molar-refractivity contribution in [3.8, 4) is 0 Å². The van der Waals surface area contributed by atoms with Crippen molar-refractivity contribution in [1.29, 1.82) is 0 Å². The van der Waals surface area contributed by atoms with Crippen molar-refractivity contribution in [3.63, 3.8) is 0 Å². The predicted molar refractivity (Wildman–Crippen MR) is 90.9 cm³/mol. The number of aryl methyl sites for hydroxylation is 1. The topological polar surface area (TPSA) is 28.2 Å². The molecule has 118 valence electrons. The second-order valence-electron chi connectivity index (χ2n) is 6.20. The molecule has 1 aromatic heterocycles. The van der Waals surface area contributed by atoms with Crippen LogP contribution in [-0.2, 0) is 6.54 Å². The molecule has 3 nitrogen and oxygen atoms in total. The fourth-order valence-corrected chi connectivity index (χ4v) is 3.23. The molecule has 1 N–H and O–H groups in total. The minimum atomic E-state index is 0.670. The minimum Gasteiger partial charge on any atom is -0.354 e. The average molecular weight is 289 g/mol. The van der Waals surface area contributed by atoms with E-state index < -0.39 is 0 Å². The van der Waals surface area contributed by atoms with Gasteiger partial charge >= 0.3 is 0 Å². The number of rotatable bonds is 6. The Balaban J connectivity index is 2.10. The molecule has 2 heterocycles. The second kappa shape index (κ2) is 8.38. The third-order valence-corrected chi connectivity index (χ3v) is 4.57. The van der Waals surface area contributed by atoms with Crippen molar-refractivity contribution in [2.24, 2.45) is 0 Å². The van der Waals surface area contributed by atoms with Gasteiger partial charge in [-0.05, 0) is 50.8 Å². The van der Waals surface area contributed by atoms with Gasteiger partial charge in [-0.1, -0.05) is 32.8 Å². The Hall–Kier alpha value is -1.09. The smallest absolute Gasteiger partial charge is 0.129 e. The molecule has 2 rings (SSSR count). The fraction of sp³-hybridized carbons (Fsp3) is 0.722. The number of nitrogens with one attached hydrogen (secondary N) is 1. The summed E-state index contributed by atoms with van der Waals surface area (Å²) in [5.74, 6) is 1.18. The van der Waals surface area contributed by atoms with Gasteiger partial charge in [0.1, 0.15) is 5.82 Å². The lowest BCUT2D eigenvalue weighted by Crippen LogP contribution is -2.35. The summed E-state index contributed by atoms with van der Waals surface area (Å²) in [5.41, 5.74) is 2.50. The first-order chi connectivity index (χ1) is 10.3. The highest BCUT2D eigenvalue weighted by Gasteiger charge is 2.20. The molecule has 1 saturated heterocycles. The molecule has 1 aromatic rings. The number of nitrogens with zero attached hydrogens (tertiary/aromatic N) is 2. The maximum atomic E-state index is 4.90. The summed E-state index contributed by atoms with van der Waals surface area (Å²) in [4.78, 5) is 7.45. The van der Waals surface area contributed by atoms with Crippen molar-refractivity contribution < 1.29 is 0 Å². The van der Waals surface area contributed by atoms with Gasteiger partial charge in [0, 0.05) is 24.8 Å². The monoisotopic (exact) mass is 289 g/mol. The zero-order chi connectivity index (χ0) is 15.1. The van der Waals surface area contributed by atoms with E-state index in [1.54, 1.807) is 0 Å². The summed E-state index contributed by atoms with van der Waals surface area (Å²) in [5, 5.41) is 3.47. The van der Waals surface area contributed by atoms with Crippen LogP contribution in [-0.4, -0.2) is 24.1 Å². The number of aromatic nitrogens is 1. The lowest BCUT2D eigenvalue weighted by atomic mass is 10.1. The highest BCUT2D eigenvalue weighted by atomic mass is 15.2. The van der Waals surface area contributed by atoms with E-state index in [0.29, 0.717) is 6.04 Å². The molecule has 0 saturated carbocycles. The third kappa shape index (κ3) is 4.44. The van der Waals surface area contributed by atoms with E-state index in [4.69, 9.17) is 4.98 Å². The quantitative estimate of drug-likeness (QED) is 0.801. The largest absolute Gasteiger partial charge is 0.354 e. The van der Waals surface area contributed by atoms with E-state index in [9.17, 15) is 0 Å². The summed E-state index contributed by atoms with van der Waals surface area (Å²) in [7, 11) is 0. The number of hydrogen-bond acceptors (Lipinski definition) is 3. The molecule has 1 aliphatic heterocycles. The lowest BCUT2D eigenvalue weighted by Gasteiger charge is -2.31. The Labute approximate surface area is 130 Å². The van der Waals surface area contributed by atoms with Crippen molar-refractivity contribution in [3.05, 3.63) is 23.4 Å². The minimum absolute atomic E-state index is 0.670. The lowest BCUT2D eigenvalue weighted by molar-refractivity contribution is 0.551. The van der Waals surface area contributed by atoms with Gasteiger partial charge in [-0.2, -0.15) is 0 Å². The molecule has 21 heavy (non-hydrogen) atoms. The second-order valence-corrected chi connectivity index (χ2v) is 6.20. The molecular formula is C18H31N3. The van der Waals surface area contributed by atoms with Crippen LogP contribution in [0.1, 0.15) is 63.6 Å². The summed E-state index contributed by atoms with van der Waals surface area (Å²) < 4.78 is 0. The predicted octanol–water partition coefficient (Wildman–Crippen LogP) is 4.05. The van der Waals surface area contributed by atoms with Crippen LogP contribution >= 0.6 is 0 Å². The Morgan fingerprint density at radius 1 is 1.24 bits per heavy atom. The van der Waals surface area contributed by atoms with Gasteiger partial charge in [-0.15, -0.1) is 0 Å². The first-order valence-electron chi connectivity index (χ1n) is 8.70. The zero-order valence-electron chi connectivity index (χ0n) is 14.0. The first-order valence-corrected chi connectivity index (χ1v) is 8.70. The van der Waals surface area contributed by atoms with E-state index in [1.807, 2.05) is 0 Å². The highest BCUT2D eigenvalue weighted by Crippen LogP contribution is 2.25. The summed E-state index contributed by atoms with van der Waals surface area (Å²) in [6.07, 6.45) is 7.75.